The molecule has 0 aliphatic heterocycles. The molecule has 0 aromatic rings. The van der Waals surface area contributed by atoms with Crippen LogP contribution in [0, 0.1) is 17.8 Å². The van der Waals surface area contributed by atoms with E-state index in [1.807, 2.05) is 0 Å². The van der Waals surface area contributed by atoms with Gasteiger partial charge in [-0.1, -0.05) is 90.0 Å². The van der Waals surface area contributed by atoms with E-state index in [9.17, 15) is 0 Å². The van der Waals surface area contributed by atoms with Crippen molar-refractivity contribution < 1.29 is 0 Å². The van der Waals surface area contributed by atoms with Gasteiger partial charge in [-0.25, -0.2) is 0 Å². The Morgan fingerprint density at radius 1 is 1.25 bits per heavy atom. The van der Waals surface area contributed by atoms with Gasteiger partial charge in [-0.15, -0.1) is 0 Å². The molecule has 1 aliphatic carbocycles. The molecular formula is C23H37N. The summed E-state index contributed by atoms with van der Waals surface area (Å²) >= 11 is 0. The zero-order valence-corrected chi connectivity index (χ0v) is 16.8. The zero-order chi connectivity index (χ0) is 18.4. The van der Waals surface area contributed by atoms with Crippen LogP contribution in [0.25, 0.3) is 0 Å². The average molecular weight is 328 g/mol. The summed E-state index contributed by atoms with van der Waals surface area (Å²) in [4.78, 5) is 0. The van der Waals surface area contributed by atoms with Gasteiger partial charge in [0.2, 0.25) is 0 Å². The summed E-state index contributed by atoms with van der Waals surface area (Å²) in [5.74, 6) is 1.58. The fourth-order valence-electron chi connectivity index (χ4n) is 2.91. The van der Waals surface area contributed by atoms with Gasteiger partial charge < -0.3 is 5.73 Å². The van der Waals surface area contributed by atoms with E-state index >= 15 is 0 Å². The van der Waals surface area contributed by atoms with Crippen molar-refractivity contribution in [3.05, 3.63) is 58.7 Å². The first-order chi connectivity index (χ1) is 11.2. The second-order valence-corrected chi connectivity index (χ2v) is 7.88. The summed E-state index contributed by atoms with van der Waals surface area (Å²) in [5.41, 5.74) is 12.9. The number of rotatable bonds is 8. The van der Waals surface area contributed by atoms with Crippen LogP contribution in [-0.2, 0) is 0 Å². The summed E-state index contributed by atoms with van der Waals surface area (Å²) in [7, 11) is 0. The second-order valence-electron chi connectivity index (χ2n) is 7.88. The van der Waals surface area contributed by atoms with Crippen LogP contribution in [-0.4, -0.2) is 6.04 Å². The minimum atomic E-state index is 0.0850. The van der Waals surface area contributed by atoms with Crippen LogP contribution in [0.3, 0.4) is 0 Å². The smallest absolute Gasteiger partial charge is 0.0250 e. The molecule has 134 valence electrons. The van der Waals surface area contributed by atoms with Crippen LogP contribution in [0.15, 0.2) is 58.7 Å². The Bertz CT molecular complexity index is 567. The maximum Gasteiger partial charge on any atom is 0.0250 e. The molecular weight excluding hydrogens is 290 g/mol. The molecule has 2 atom stereocenters. The normalized spacial score (nSPS) is 18.8. The van der Waals surface area contributed by atoms with Gasteiger partial charge in [0, 0.05) is 6.04 Å². The quantitative estimate of drug-likeness (QED) is 0.516. The van der Waals surface area contributed by atoms with E-state index in [4.69, 9.17) is 5.73 Å². The van der Waals surface area contributed by atoms with Crippen molar-refractivity contribution in [1.82, 2.24) is 0 Å². The Morgan fingerprint density at radius 3 is 2.33 bits per heavy atom. The molecule has 24 heavy (non-hydrogen) atoms. The zero-order valence-electron chi connectivity index (χ0n) is 16.8. The molecule has 0 saturated heterocycles. The number of nitrogens with two attached hydrogens (primary N) is 1. The van der Waals surface area contributed by atoms with E-state index in [0.717, 1.165) is 18.4 Å². The molecule has 0 aromatic carbocycles. The summed E-state index contributed by atoms with van der Waals surface area (Å²) in [5, 5.41) is 0. The van der Waals surface area contributed by atoms with Gasteiger partial charge in [0.25, 0.3) is 0 Å². The first-order valence-electron chi connectivity index (χ1n) is 9.42. The van der Waals surface area contributed by atoms with Gasteiger partial charge >= 0.3 is 0 Å². The Kier molecular flexibility index (Phi) is 7.96. The monoisotopic (exact) mass is 327 g/mol. The van der Waals surface area contributed by atoms with Crippen molar-refractivity contribution in [2.45, 2.75) is 67.3 Å². The topological polar surface area (TPSA) is 26.0 Å². The van der Waals surface area contributed by atoms with Crippen molar-refractivity contribution >= 4 is 0 Å². The van der Waals surface area contributed by atoms with Crippen molar-refractivity contribution in [3.63, 3.8) is 0 Å². The van der Waals surface area contributed by atoms with Gasteiger partial charge in [0.15, 0.2) is 0 Å². The fraction of sp³-hybridized carbons (Fsp3) is 0.565. The lowest BCUT2D eigenvalue weighted by Gasteiger charge is -2.15. The molecule has 1 nitrogen and oxygen atoms in total. The molecule has 0 amide bonds. The minimum Gasteiger partial charge on any atom is -0.324 e. The summed E-state index contributed by atoms with van der Waals surface area (Å²) in [6, 6.07) is 0.0850. The Balaban J connectivity index is 3.03. The lowest BCUT2D eigenvalue weighted by Crippen LogP contribution is -2.23. The van der Waals surface area contributed by atoms with Crippen molar-refractivity contribution in [1.29, 1.82) is 0 Å². The van der Waals surface area contributed by atoms with E-state index in [2.05, 4.69) is 79.3 Å². The van der Waals surface area contributed by atoms with Gasteiger partial charge in [0.1, 0.15) is 0 Å². The van der Waals surface area contributed by atoms with Gasteiger partial charge in [-0.2, -0.15) is 0 Å². The highest BCUT2D eigenvalue weighted by atomic mass is 14.6. The fourth-order valence-corrected chi connectivity index (χ4v) is 2.91. The molecule has 0 radical (unpaired) electrons. The largest absolute Gasteiger partial charge is 0.324 e. The standard InChI is InChI=1S/C23H37N/c1-9-17(6)12-20(10-11-23(24)16(4)5)19(8)21-13-18(7)22(14-21)15(2)3/h10-13,15-17,23H,8-9,14,24H2,1-7H3/b11-10+,20-12-. The lowest BCUT2D eigenvalue weighted by molar-refractivity contribution is 0.570. The second kappa shape index (κ2) is 9.22. The maximum absolute atomic E-state index is 6.20. The summed E-state index contributed by atoms with van der Waals surface area (Å²) < 4.78 is 0. The molecule has 1 heteroatoms. The minimum absolute atomic E-state index is 0.0850. The molecule has 0 fully saturated rings. The molecule has 0 spiro atoms. The Hall–Kier alpha value is -1.34. The molecule has 1 aliphatic rings. The van der Waals surface area contributed by atoms with Crippen LogP contribution >= 0.6 is 0 Å². The van der Waals surface area contributed by atoms with Crippen LogP contribution in [0.5, 0.6) is 0 Å². The highest BCUT2D eigenvalue weighted by Crippen LogP contribution is 2.36. The van der Waals surface area contributed by atoms with Crippen molar-refractivity contribution in [3.8, 4) is 0 Å². The molecule has 0 heterocycles. The third-order valence-corrected chi connectivity index (χ3v) is 5.09. The highest BCUT2D eigenvalue weighted by Gasteiger charge is 2.19. The number of hydrogen-bond acceptors (Lipinski definition) is 1. The number of hydrogen-bond donors (Lipinski definition) is 1. The molecule has 0 saturated carbocycles. The first kappa shape index (κ1) is 20.7. The van der Waals surface area contributed by atoms with E-state index in [1.54, 1.807) is 0 Å². The SMILES string of the molecule is C=C(C1=CC(C)=C(C(C)C)C1)C(=C\C(C)CC)/C=C/C(N)C(C)C. The van der Waals surface area contributed by atoms with Crippen LogP contribution < -0.4 is 5.73 Å². The van der Waals surface area contributed by atoms with Crippen molar-refractivity contribution in [2.24, 2.45) is 23.5 Å². The average Bonchev–Trinajstić information content (AvgIpc) is 2.91. The van der Waals surface area contributed by atoms with E-state index in [-0.39, 0.29) is 6.04 Å². The van der Waals surface area contributed by atoms with Gasteiger partial charge in [-0.3, -0.25) is 0 Å². The van der Waals surface area contributed by atoms with Crippen LogP contribution in [0.2, 0.25) is 0 Å². The predicted molar refractivity (Wildman–Crippen MR) is 109 cm³/mol. The highest BCUT2D eigenvalue weighted by molar-refractivity contribution is 5.57. The predicted octanol–water partition coefficient (Wildman–Crippen LogP) is 6.36. The van der Waals surface area contributed by atoms with E-state index < -0.39 is 0 Å². The molecule has 2 N–H and O–H groups in total. The molecule has 2 unspecified atom stereocenters. The number of allylic oxidation sites excluding steroid dienone is 8. The molecule has 1 rings (SSSR count). The lowest BCUT2D eigenvalue weighted by atomic mass is 9.91. The van der Waals surface area contributed by atoms with Crippen LogP contribution in [0.1, 0.15) is 61.3 Å². The third kappa shape index (κ3) is 5.63. The Morgan fingerprint density at radius 2 is 1.88 bits per heavy atom. The van der Waals surface area contributed by atoms with Gasteiger partial charge in [0.05, 0.1) is 0 Å². The van der Waals surface area contributed by atoms with Crippen molar-refractivity contribution in [2.75, 3.05) is 0 Å². The maximum atomic E-state index is 6.20. The van der Waals surface area contributed by atoms with Gasteiger partial charge in [-0.05, 0) is 47.8 Å². The van der Waals surface area contributed by atoms with E-state index in [0.29, 0.717) is 17.8 Å². The third-order valence-electron chi connectivity index (χ3n) is 5.09. The Labute approximate surface area is 150 Å². The summed E-state index contributed by atoms with van der Waals surface area (Å²) in [6.07, 6.45) is 11.1. The molecule has 0 aromatic heterocycles. The molecule has 0 bridgehead atoms. The summed E-state index contributed by atoms with van der Waals surface area (Å²) in [6.45, 7) is 20.0. The first-order valence-corrected chi connectivity index (χ1v) is 9.42. The van der Waals surface area contributed by atoms with E-state index in [1.165, 1.54) is 22.3 Å². The van der Waals surface area contributed by atoms with Crippen LogP contribution in [0.4, 0.5) is 0 Å².